The second-order valence-corrected chi connectivity index (χ2v) is 9.72. The van der Waals surface area contributed by atoms with Crippen LogP contribution in [0.15, 0.2) is 59.7 Å². The van der Waals surface area contributed by atoms with Crippen molar-refractivity contribution in [2.75, 3.05) is 0 Å². The van der Waals surface area contributed by atoms with Gasteiger partial charge in [0.05, 0.1) is 0 Å². The van der Waals surface area contributed by atoms with Crippen LogP contribution in [0.4, 0.5) is 0 Å². The largest absolute Gasteiger partial charge is 1.00 e. The van der Waals surface area contributed by atoms with Crippen molar-refractivity contribution in [3.63, 3.8) is 0 Å². The van der Waals surface area contributed by atoms with E-state index in [0.29, 0.717) is 0 Å². The minimum atomic E-state index is -0.616. The van der Waals surface area contributed by atoms with E-state index < -0.39 is 23.2 Å². The Hall–Kier alpha value is -0.237. The first kappa shape index (κ1) is 19.1. The molecule has 0 aromatic heterocycles. The van der Waals surface area contributed by atoms with Gasteiger partial charge in [-0.1, -0.05) is 0 Å². The van der Waals surface area contributed by atoms with Crippen LogP contribution in [0.5, 0.6) is 0 Å². The van der Waals surface area contributed by atoms with E-state index >= 15 is 0 Å². The molecule has 0 bridgehead atoms. The first-order valence-corrected chi connectivity index (χ1v) is 10.4. The Bertz CT molecular complexity index is 711. The minimum Gasteiger partial charge on any atom is -1.00 e. The smallest absolute Gasteiger partial charge is 1.00 e. The molecule has 0 nitrogen and oxygen atoms in total. The van der Waals surface area contributed by atoms with E-state index in [1.54, 1.807) is 22.3 Å². The molecule has 0 saturated carbocycles. The zero-order valence-electron chi connectivity index (χ0n) is 13.2. The van der Waals surface area contributed by atoms with Crippen LogP contribution >= 0.6 is 0 Å². The summed E-state index contributed by atoms with van der Waals surface area (Å²) in [5, 5.41) is 0. The Morgan fingerprint density at radius 1 is 0.652 bits per heavy atom. The predicted molar refractivity (Wildman–Crippen MR) is 85.7 cm³/mol. The Balaban J connectivity index is 0.000000960. The molecule has 3 heteroatoms. The average molecular weight is 509 g/mol. The van der Waals surface area contributed by atoms with Crippen LogP contribution in [0.3, 0.4) is 0 Å². The third kappa shape index (κ3) is 3.43. The summed E-state index contributed by atoms with van der Waals surface area (Å²) >= 11 is -0.616. The Labute approximate surface area is 171 Å². The van der Waals surface area contributed by atoms with Crippen molar-refractivity contribution in [2.45, 2.75) is 21.1 Å². The second-order valence-electron chi connectivity index (χ2n) is 6.07. The monoisotopic (exact) mass is 506 g/mol. The Kier molecular flexibility index (Phi) is 6.44. The zero-order chi connectivity index (χ0) is 14.4. The van der Waals surface area contributed by atoms with Gasteiger partial charge in [0.25, 0.3) is 0 Å². The maximum atomic E-state index is 2.40. The van der Waals surface area contributed by atoms with Crippen LogP contribution in [-0.4, -0.2) is 0 Å². The Morgan fingerprint density at radius 2 is 1.04 bits per heavy atom. The molecule has 2 aromatic rings. The van der Waals surface area contributed by atoms with E-state index in [1.807, 2.05) is 0 Å². The normalized spacial score (nSPS) is 20.3. The molecule has 0 saturated heterocycles. The van der Waals surface area contributed by atoms with Gasteiger partial charge in [0.2, 0.25) is 0 Å². The molecular formula is C20H18Br2Zr. The second kappa shape index (κ2) is 7.76. The number of allylic oxidation sites excluding steroid dienone is 2. The van der Waals surface area contributed by atoms with Gasteiger partial charge < -0.3 is 34.0 Å². The summed E-state index contributed by atoms with van der Waals surface area (Å²) in [6, 6.07) is 17.9. The number of hydrogen-bond acceptors (Lipinski definition) is 0. The zero-order valence-corrected chi connectivity index (χ0v) is 18.8. The fourth-order valence-corrected chi connectivity index (χ4v) is 8.26. The fourth-order valence-electron chi connectivity index (χ4n) is 3.57. The molecule has 0 fully saturated rings. The van der Waals surface area contributed by atoms with Crippen molar-refractivity contribution in [3.8, 4) is 0 Å². The molecule has 116 valence electrons. The number of fused-ring (bicyclic) bond motifs is 2. The van der Waals surface area contributed by atoms with Gasteiger partial charge >= 0.3 is 138 Å². The first-order valence-electron chi connectivity index (χ1n) is 7.54. The standard InChI is InChI=1S/2C10H9.2BrH.Zr/c2*1-8-6-9-4-2-3-5-10(9)7-8;;;/h2*2-7H,1H3;2*1H;/q;;;;+2/p-2. The van der Waals surface area contributed by atoms with Crippen molar-refractivity contribution in [1.29, 1.82) is 0 Å². The molecule has 2 aromatic carbocycles. The number of hydrogen-bond donors (Lipinski definition) is 0. The van der Waals surface area contributed by atoms with Gasteiger partial charge in [0.1, 0.15) is 0 Å². The van der Waals surface area contributed by atoms with Crippen molar-refractivity contribution in [1.82, 2.24) is 0 Å². The van der Waals surface area contributed by atoms with E-state index in [4.69, 9.17) is 0 Å². The SMILES string of the molecule is CC1=Cc2ccccc2[CH]1[Zr+2][CH]1C(C)=Cc2ccccc21.[Br-].[Br-]. The van der Waals surface area contributed by atoms with Gasteiger partial charge in [-0.25, -0.2) is 0 Å². The van der Waals surface area contributed by atoms with E-state index in [9.17, 15) is 0 Å². The van der Waals surface area contributed by atoms with Gasteiger partial charge in [-0.15, -0.1) is 0 Å². The van der Waals surface area contributed by atoms with Gasteiger partial charge in [-0.3, -0.25) is 0 Å². The minimum absolute atomic E-state index is 0. The van der Waals surface area contributed by atoms with Crippen LogP contribution in [0.25, 0.3) is 12.2 Å². The van der Waals surface area contributed by atoms with Crippen molar-refractivity contribution < 1.29 is 57.2 Å². The van der Waals surface area contributed by atoms with Gasteiger partial charge in [-0.05, 0) is 0 Å². The number of rotatable bonds is 2. The van der Waals surface area contributed by atoms with Crippen LogP contribution in [0.2, 0.25) is 0 Å². The maximum Gasteiger partial charge on any atom is -1.00 e. The predicted octanol–water partition coefficient (Wildman–Crippen LogP) is -0.607. The molecule has 0 amide bonds. The molecule has 0 spiro atoms. The molecule has 2 atom stereocenters. The maximum absolute atomic E-state index is 2.40. The van der Waals surface area contributed by atoms with Gasteiger partial charge in [-0.2, -0.15) is 0 Å². The van der Waals surface area contributed by atoms with Gasteiger partial charge in [0.15, 0.2) is 0 Å². The third-order valence-corrected chi connectivity index (χ3v) is 10.0. The average Bonchev–Trinajstić information content (AvgIpc) is 2.97. The van der Waals surface area contributed by atoms with E-state index in [2.05, 4.69) is 74.5 Å². The molecule has 0 aliphatic heterocycles. The molecule has 2 aliphatic carbocycles. The first-order chi connectivity index (χ1) is 10.2. The molecule has 4 rings (SSSR count). The molecule has 0 radical (unpaired) electrons. The van der Waals surface area contributed by atoms with E-state index in [1.165, 1.54) is 11.1 Å². The molecule has 0 heterocycles. The summed E-state index contributed by atoms with van der Waals surface area (Å²) in [5.41, 5.74) is 9.24. The molecule has 2 unspecified atom stereocenters. The topological polar surface area (TPSA) is 0 Å². The van der Waals surface area contributed by atoms with E-state index in [0.717, 1.165) is 7.25 Å². The van der Waals surface area contributed by atoms with Gasteiger partial charge in [0, 0.05) is 0 Å². The van der Waals surface area contributed by atoms with E-state index in [-0.39, 0.29) is 34.0 Å². The van der Waals surface area contributed by atoms with Crippen molar-refractivity contribution in [3.05, 3.63) is 81.9 Å². The van der Waals surface area contributed by atoms with Crippen molar-refractivity contribution >= 4 is 12.2 Å². The molecule has 23 heavy (non-hydrogen) atoms. The number of benzene rings is 2. The van der Waals surface area contributed by atoms with Crippen LogP contribution in [0.1, 0.15) is 43.4 Å². The molecule has 0 N–H and O–H groups in total. The summed E-state index contributed by atoms with van der Waals surface area (Å²) in [7, 11) is 0. The number of halogens is 2. The summed E-state index contributed by atoms with van der Waals surface area (Å²) in [6.45, 7) is 4.65. The molecule has 2 aliphatic rings. The van der Waals surface area contributed by atoms with Crippen molar-refractivity contribution in [2.24, 2.45) is 0 Å². The third-order valence-electron chi connectivity index (χ3n) is 4.62. The summed E-state index contributed by atoms with van der Waals surface area (Å²) in [6.07, 6.45) is 4.81. The quantitative estimate of drug-likeness (QED) is 0.508. The summed E-state index contributed by atoms with van der Waals surface area (Å²) < 4.78 is 1.48. The van der Waals surface area contributed by atoms with Crippen LogP contribution in [0, 0.1) is 0 Å². The Morgan fingerprint density at radius 3 is 1.48 bits per heavy atom. The molecular weight excluding hydrogens is 491 g/mol. The fraction of sp³-hybridized carbons (Fsp3) is 0.200. The van der Waals surface area contributed by atoms with Crippen LogP contribution in [-0.2, 0) is 23.2 Å². The summed E-state index contributed by atoms with van der Waals surface area (Å²) in [4.78, 5) is 0. The van der Waals surface area contributed by atoms with Crippen LogP contribution < -0.4 is 34.0 Å². The summed E-state index contributed by atoms with van der Waals surface area (Å²) in [5.74, 6) is 0.